The van der Waals surface area contributed by atoms with E-state index >= 15 is 0 Å². The van der Waals surface area contributed by atoms with Crippen molar-refractivity contribution in [1.82, 2.24) is 0 Å². The summed E-state index contributed by atoms with van der Waals surface area (Å²) in [6.07, 6.45) is 4.25. The average molecular weight is 216 g/mol. The lowest BCUT2D eigenvalue weighted by Crippen LogP contribution is -2.23. The lowest BCUT2D eigenvalue weighted by molar-refractivity contribution is 0.438. The van der Waals surface area contributed by atoms with E-state index in [0.717, 1.165) is 0 Å². The molecule has 0 N–H and O–H groups in total. The van der Waals surface area contributed by atoms with Gasteiger partial charge in [0.05, 0.1) is 17.4 Å². The van der Waals surface area contributed by atoms with E-state index in [0.29, 0.717) is 0 Å². The minimum atomic E-state index is -0.0409. The summed E-state index contributed by atoms with van der Waals surface area (Å²) < 4.78 is 0. The van der Waals surface area contributed by atoms with Gasteiger partial charge in [-0.15, -0.1) is 11.6 Å². The molecule has 0 spiro atoms. The van der Waals surface area contributed by atoms with Gasteiger partial charge in [0, 0.05) is 11.8 Å². The highest BCUT2D eigenvalue weighted by molar-refractivity contribution is 6.21. The number of fused-ring (bicyclic) bond motifs is 4. The number of nitriles is 1. The summed E-state index contributed by atoms with van der Waals surface area (Å²) in [5.41, 5.74) is 2.43. The van der Waals surface area contributed by atoms with Gasteiger partial charge in [-0.3, -0.25) is 0 Å². The molecule has 1 nitrogen and oxygen atoms in total. The van der Waals surface area contributed by atoms with Crippen LogP contribution in [0.3, 0.4) is 0 Å². The van der Waals surface area contributed by atoms with Gasteiger partial charge in [0.15, 0.2) is 0 Å². The maximum atomic E-state index is 9.17. The number of benzene rings is 1. The molecule has 3 rings (SSSR count). The molecule has 0 unspecified atom stereocenters. The molecule has 0 fully saturated rings. The fourth-order valence-electron chi connectivity index (χ4n) is 2.74. The van der Waals surface area contributed by atoms with Crippen molar-refractivity contribution < 1.29 is 0 Å². The first-order valence-corrected chi connectivity index (χ1v) is 5.57. The summed E-state index contributed by atoms with van der Waals surface area (Å²) in [7, 11) is 0. The molecule has 2 aliphatic carbocycles. The van der Waals surface area contributed by atoms with Crippen LogP contribution in [0.5, 0.6) is 0 Å². The molecule has 1 aromatic rings. The summed E-state index contributed by atoms with van der Waals surface area (Å²) in [6, 6.07) is 10.6. The normalized spacial score (nSPS) is 36.0. The van der Waals surface area contributed by atoms with Crippen molar-refractivity contribution in [3.05, 3.63) is 47.5 Å². The number of hydrogen-bond donors (Lipinski definition) is 0. The van der Waals surface area contributed by atoms with Crippen molar-refractivity contribution in [1.29, 1.82) is 5.26 Å². The van der Waals surface area contributed by atoms with Gasteiger partial charge in [-0.05, 0) is 11.1 Å². The van der Waals surface area contributed by atoms with Gasteiger partial charge in [0.25, 0.3) is 0 Å². The SMILES string of the molecule is N#C[C@H]1[C@H]2C=C[C@H]1c1ccccc1[C@@H]2Cl. The zero-order valence-corrected chi connectivity index (χ0v) is 8.85. The minimum absolute atomic E-state index is 0.0300. The van der Waals surface area contributed by atoms with Gasteiger partial charge in [0.1, 0.15) is 0 Å². The molecule has 2 bridgehead atoms. The molecule has 1 aromatic carbocycles. The second-order valence-corrected chi connectivity index (χ2v) is 4.64. The minimum Gasteiger partial charge on any atom is -0.198 e. The van der Waals surface area contributed by atoms with Crippen LogP contribution in [-0.4, -0.2) is 0 Å². The third kappa shape index (κ3) is 1.09. The Bertz CT molecular complexity index is 472. The maximum absolute atomic E-state index is 9.17. The summed E-state index contributed by atoms with van der Waals surface area (Å²) in [5.74, 6) is 0.477. The highest BCUT2D eigenvalue weighted by Gasteiger charge is 2.43. The van der Waals surface area contributed by atoms with Gasteiger partial charge in [0.2, 0.25) is 0 Å². The van der Waals surface area contributed by atoms with Crippen LogP contribution in [0.4, 0.5) is 0 Å². The largest absolute Gasteiger partial charge is 0.198 e. The topological polar surface area (TPSA) is 23.8 Å². The van der Waals surface area contributed by atoms with Crippen molar-refractivity contribution in [2.45, 2.75) is 11.3 Å². The van der Waals surface area contributed by atoms with Crippen molar-refractivity contribution in [2.75, 3.05) is 0 Å². The fraction of sp³-hybridized carbons (Fsp3) is 0.308. The van der Waals surface area contributed by atoms with E-state index < -0.39 is 0 Å². The van der Waals surface area contributed by atoms with Gasteiger partial charge in [-0.1, -0.05) is 36.4 Å². The van der Waals surface area contributed by atoms with Crippen LogP contribution in [0.1, 0.15) is 22.4 Å². The Hall–Kier alpha value is -1.26. The Morgan fingerprint density at radius 3 is 2.60 bits per heavy atom. The summed E-state index contributed by atoms with van der Waals surface area (Å²) in [4.78, 5) is 0. The Balaban J connectivity index is 2.20. The zero-order chi connectivity index (χ0) is 10.4. The molecule has 0 radical (unpaired) electrons. The van der Waals surface area contributed by atoms with Crippen LogP contribution in [0.2, 0.25) is 0 Å². The second-order valence-electron chi connectivity index (χ2n) is 4.17. The highest BCUT2D eigenvalue weighted by atomic mass is 35.5. The van der Waals surface area contributed by atoms with E-state index in [9.17, 15) is 0 Å². The summed E-state index contributed by atoms with van der Waals surface area (Å²) in [5, 5.41) is 9.13. The van der Waals surface area contributed by atoms with E-state index in [1.54, 1.807) is 0 Å². The van der Waals surface area contributed by atoms with Gasteiger partial charge < -0.3 is 0 Å². The van der Waals surface area contributed by atoms with Crippen LogP contribution in [0.25, 0.3) is 0 Å². The number of nitrogens with zero attached hydrogens (tertiary/aromatic N) is 1. The van der Waals surface area contributed by atoms with E-state index in [-0.39, 0.29) is 23.1 Å². The van der Waals surface area contributed by atoms with Crippen molar-refractivity contribution >= 4 is 11.6 Å². The van der Waals surface area contributed by atoms with Crippen LogP contribution in [0.15, 0.2) is 36.4 Å². The third-order valence-corrected chi connectivity index (χ3v) is 4.01. The standard InChI is InChI=1S/C13H10ClN/c14-13-10-4-2-1-3-8(10)9-5-6-11(13)12(9)7-15/h1-6,9,11-13H/t9-,11+,12+,13-/m0/s1. The second kappa shape index (κ2) is 3.12. The monoisotopic (exact) mass is 215 g/mol. The Morgan fingerprint density at radius 2 is 1.87 bits per heavy atom. The fourth-order valence-corrected chi connectivity index (χ4v) is 3.18. The van der Waals surface area contributed by atoms with Gasteiger partial charge in [-0.2, -0.15) is 5.26 Å². The molecular formula is C13H10ClN. The summed E-state index contributed by atoms with van der Waals surface area (Å²) >= 11 is 6.41. The Kier molecular flexibility index (Phi) is 1.87. The number of allylic oxidation sites excluding steroid dienone is 2. The van der Waals surface area contributed by atoms with E-state index in [1.807, 2.05) is 12.1 Å². The first-order valence-electron chi connectivity index (χ1n) is 5.14. The number of rotatable bonds is 0. The first-order chi connectivity index (χ1) is 7.33. The molecule has 0 saturated heterocycles. The third-order valence-electron chi connectivity index (χ3n) is 3.48. The molecule has 0 heterocycles. The summed E-state index contributed by atoms with van der Waals surface area (Å²) in [6.45, 7) is 0. The maximum Gasteiger partial charge on any atom is 0.0672 e. The predicted molar refractivity (Wildman–Crippen MR) is 59.5 cm³/mol. The number of alkyl halides is 1. The molecule has 0 aromatic heterocycles. The lowest BCUT2D eigenvalue weighted by Gasteiger charge is -2.31. The Labute approximate surface area is 94.0 Å². The van der Waals surface area contributed by atoms with Crippen molar-refractivity contribution in [3.8, 4) is 6.07 Å². The van der Waals surface area contributed by atoms with Gasteiger partial charge >= 0.3 is 0 Å². The first kappa shape index (κ1) is 9.00. The smallest absolute Gasteiger partial charge is 0.0672 e. The molecule has 0 saturated carbocycles. The molecule has 4 atom stereocenters. The highest BCUT2D eigenvalue weighted by Crippen LogP contribution is 2.52. The zero-order valence-electron chi connectivity index (χ0n) is 8.10. The van der Waals surface area contributed by atoms with Crippen molar-refractivity contribution in [3.63, 3.8) is 0 Å². The molecule has 2 heteroatoms. The lowest BCUT2D eigenvalue weighted by atomic mass is 9.74. The van der Waals surface area contributed by atoms with Crippen molar-refractivity contribution in [2.24, 2.45) is 11.8 Å². The number of hydrogen-bond acceptors (Lipinski definition) is 1. The van der Waals surface area contributed by atoms with Crippen LogP contribution < -0.4 is 0 Å². The van der Waals surface area contributed by atoms with Crippen LogP contribution in [0, 0.1) is 23.2 Å². The predicted octanol–water partition coefficient (Wildman–Crippen LogP) is 3.39. The molecule has 0 amide bonds. The number of halogens is 1. The average Bonchev–Trinajstić information content (AvgIpc) is 2.65. The molecular weight excluding hydrogens is 206 g/mol. The van der Waals surface area contributed by atoms with E-state index in [2.05, 4.69) is 30.4 Å². The molecule has 15 heavy (non-hydrogen) atoms. The molecule has 2 aliphatic rings. The molecule has 74 valence electrons. The van der Waals surface area contributed by atoms with E-state index in [1.165, 1.54) is 11.1 Å². The quantitative estimate of drug-likeness (QED) is 0.481. The van der Waals surface area contributed by atoms with Crippen LogP contribution in [-0.2, 0) is 0 Å². The van der Waals surface area contributed by atoms with Gasteiger partial charge in [-0.25, -0.2) is 0 Å². The molecule has 0 aliphatic heterocycles. The van der Waals surface area contributed by atoms with Crippen LogP contribution >= 0.6 is 11.6 Å². The Morgan fingerprint density at radius 1 is 1.13 bits per heavy atom. The van der Waals surface area contributed by atoms with E-state index in [4.69, 9.17) is 16.9 Å².